The summed E-state index contributed by atoms with van der Waals surface area (Å²) in [7, 11) is 0. The summed E-state index contributed by atoms with van der Waals surface area (Å²) in [5, 5.41) is 4.38. The van der Waals surface area contributed by atoms with Gasteiger partial charge in [0.1, 0.15) is 5.69 Å². The summed E-state index contributed by atoms with van der Waals surface area (Å²) >= 11 is 0. The van der Waals surface area contributed by atoms with Gasteiger partial charge in [-0.1, -0.05) is 19.1 Å². The Hall–Kier alpha value is -2.23. The second kappa shape index (κ2) is 4.74. The van der Waals surface area contributed by atoms with Crippen LogP contribution in [0.15, 0.2) is 30.5 Å². The van der Waals surface area contributed by atoms with Crippen molar-refractivity contribution in [3.05, 3.63) is 36.2 Å². The molecule has 0 saturated carbocycles. The molecular formula is C13H12N2O2. The lowest BCUT2D eigenvalue weighted by Gasteiger charge is -2.08. The number of carbonyl (C=O) groups excluding carboxylic acids is 2. The molecule has 17 heavy (non-hydrogen) atoms. The van der Waals surface area contributed by atoms with Crippen LogP contribution in [0.4, 0.5) is 5.69 Å². The van der Waals surface area contributed by atoms with E-state index in [4.69, 9.17) is 0 Å². The van der Waals surface area contributed by atoms with Crippen molar-refractivity contribution in [3.8, 4) is 0 Å². The van der Waals surface area contributed by atoms with Gasteiger partial charge in [-0.15, -0.1) is 0 Å². The topological polar surface area (TPSA) is 59.1 Å². The first-order valence-corrected chi connectivity index (χ1v) is 5.39. The lowest BCUT2D eigenvalue weighted by Crippen LogP contribution is -2.09. The molecule has 1 amide bonds. The van der Waals surface area contributed by atoms with E-state index in [1.165, 1.54) is 0 Å². The fourth-order valence-corrected chi connectivity index (χ4v) is 1.67. The Morgan fingerprint density at radius 2 is 2.18 bits per heavy atom. The average Bonchev–Trinajstić information content (AvgIpc) is 2.38. The van der Waals surface area contributed by atoms with Crippen LogP contribution < -0.4 is 5.32 Å². The molecule has 0 bridgehead atoms. The molecular weight excluding hydrogens is 216 g/mol. The summed E-state index contributed by atoms with van der Waals surface area (Å²) < 4.78 is 0. The van der Waals surface area contributed by atoms with Crippen molar-refractivity contribution < 1.29 is 9.59 Å². The number of hydrogen-bond donors (Lipinski definition) is 1. The molecule has 4 heteroatoms. The lowest BCUT2D eigenvalue weighted by atomic mass is 10.1. The Labute approximate surface area is 98.7 Å². The number of anilines is 1. The van der Waals surface area contributed by atoms with Gasteiger partial charge < -0.3 is 5.32 Å². The minimum Gasteiger partial charge on any atom is -0.326 e. The second-order valence-corrected chi connectivity index (χ2v) is 3.62. The van der Waals surface area contributed by atoms with Crippen LogP contribution in [0.25, 0.3) is 10.8 Å². The predicted molar refractivity (Wildman–Crippen MR) is 66.1 cm³/mol. The van der Waals surface area contributed by atoms with Crippen LogP contribution in [-0.2, 0) is 4.79 Å². The molecule has 0 aliphatic heterocycles. The maximum absolute atomic E-state index is 11.4. The largest absolute Gasteiger partial charge is 0.326 e. The van der Waals surface area contributed by atoms with E-state index in [0.717, 1.165) is 10.8 Å². The number of amides is 1. The van der Waals surface area contributed by atoms with Crippen LogP contribution in [0.3, 0.4) is 0 Å². The molecule has 1 heterocycles. The molecule has 0 radical (unpaired) electrons. The highest BCUT2D eigenvalue weighted by Crippen LogP contribution is 2.24. The summed E-state index contributed by atoms with van der Waals surface area (Å²) in [6.45, 7) is 1.79. The van der Waals surface area contributed by atoms with E-state index in [9.17, 15) is 9.59 Å². The number of fused-ring (bicyclic) bond motifs is 1. The smallest absolute Gasteiger partial charge is 0.224 e. The van der Waals surface area contributed by atoms with Crippen molar-refractivity contribution in [1.29, 1.82) is 0 Å². The first-order chi connectivity index (χ1) is 8.26. The Bertz CT molecular complexity index is 579. The maximum atomic E-state index is 11.4. The van der Waals surface area contributed by atoms with Crippen LogP contribution in [0.2, 0.25) is 0 Å². The third-order valence-electron chi connectivity index (χ3n) is 2.54. The molecule has 1 aromatic carbocycles. The number of benzene rings is 1. The molecule has 0 unspecified atom stereocenters. The number of carbonyl (C=O) groups is 2. The third-order valence-corrected chi connectivity index (χ3v) is 2.54. The Morgan fingerprint density at radius 1 is 1.35 bits per heavy atom. The van der Waals surface area contributed by atoms with E-state index >= 15 is 0 Å². The van der Waals surface area contributed by atoms with Gasteiger partial charge in [0, 0.05) is 29.1 Å². The first kappa shape index (κ1) is 11.3. The molecule has 0 fully saturated rings. The van der Waals surface area contributed by atoms with Gasteiger partial charge in [0.15, 0.2) is 6.29 Å². The number of nitrogens with one attached hydrogen (secondary N) is 1. The van der Waals surface area contributed by atoms with E-state index in [1.54, 1.807) is 25.3 Å². The van der Waals surface area contributed by atoms with Crippen LogP contribution in [0.5, 0.6) is 0 Å². The highest BCUT2D eigenvalue weighted by atomic mass is 16.1. The maximum Gasteiger partial charge on any atom is 0.224 e. The summed E-state index contributed by atoms with van der Waals surface area (Å²) in [4.78, 5) is 26.2. The van der Waals surface area contributed by atoms with Crippen LogP contribution in [-0.4, -0.2) is 17.2 Å². The molecule has 2 rings (SSSR count). The first-order valence-electron chi connectivity index (χ1n) is 5.39. The number of nitrogens with zero attached hydrogens (tertiary/aromatic N) is 1. The van der Waals surface area contributed by atoms with Crippen molar-refractivity contribution in [3.63, 3.8) is 0 Å². The van der Waals surface area contributed by atoms with E-state index in [-0.39, 0.29) is 5.91 Å². The second-order valence-electron chi connectivity index (χ2n) is 3.62. The Balaban J connectivity index is 2.57. The van der Waals surface area contributed by atoms with Crippen molar-refractivity contribution in [2.75, 3.05) is 5.32 Å². The quantitative estimate of drug-likeness (QED) is 0.820. The van der Waals surface area contributed by atoms with Gasteiger partial charge in [-0.25, -0.2) is 0 Å². The van der Waals surface area contributed by atoms with Gasteiger partial charge in [0.05, 0.1) is 0 Å². The number of rotatable bonds is 3. The zero-order chi connectivity index (χ0) is 12.3. The molecule has 2 aromatic rings. The zero-order valence-corrected chi connectivity index (χ0v) is 9.43. The van der Waals surface area contributed by atoms with Crippen molar-refractivity contribution in [2.45, 2.75) is 13.3 Å². The van der Waals surface area contributed by atoms with Crippen molar-refractivity contribution >= 4 is 28.7 Å². The van der Waals surface area contributed by atoms with Gasteiger partial charge in [-0.2, -0.15) is 0 Å². The van der Waals surface area contributed by atoms with Crippen LogP contribution >= 0.6 is 0 Å². The summed E-state index contributed by atoms with van der Waals surface area (Å²) in [5.41, 5.74) is 1.09. The van der Waals surface area contributed by atoms with Crippen LogP contribution in [0, 0.1) is 0 Å². The minimum absolute atomic E-state index is 0.0537. The summed E-state index contributed by atoms with van der Waals surface area (Å²) in [6.07, 6.45) is 2.70. The number of pyridine rings is 1. The van der Waals surface area contributed by atoms with E-state index < -0.39 is 0 Å². The van der Waals surface area contributed by atoms with Crippen molar-refractivity contribution in [1.82, 2.24) is 4.98 Å². The molecule has 0 atom stereocenters. The standard InChI is InChI=1S/C13H12N2O2/c1-2-13(17)15-11-5-3-4-9-10(11)6-7-14-12(9)8-16/h3-8H,2H2,1H3,(H,15,17). The highest BCUT2D eigenvalue weighted by Gasteiger charge is 2.06. The SMILES string of the molecule is CCC(=O)Nc1cccc2c(C=O)nccc12. The van der Waals surface area contributed by atoms with Gasteiger partial charge in [-0.3, -0.25) is 14.6 Å². The summed E-state index contributed by atoms with van der Waals surface area (Å²) in [6, 6.07) is 7.20. The summed E-state index contributed by atoms with van der Waals surface area (Å²) in [5.74, 6) is -0.0537. The molecule has 86 valence electrons. The average molecular weight is 228 g/mol. The number of aldehydes is 1. The van der Waals surface area contributed by atoms with E-state index in [0.29, 0.717) is 24.1 Å². The molecule has 1 N–H and O–H groups in total. The van der Waals surface area contributed by atoms with E-state index in [2.05, 4.69) is 10.3 Å². The fraction of sp³-hybridized carbons (Fsp3) is 0.154. The molecule has 0 aliphatic carbocycles. The number of hydrogen-bond acceptors (Lipinski definition) is 3. The normalized spacial score (nSPS) is 10.2. The monoisotopic (exact) mass is 228 g/mol. The zero-order valence-electron chi connectivity index (χ0n) is 9.43. The number of aromatic nitrogens is 1. The minimum atomic E-state index is -0.0537. The molecule has 0 aliphatic rings. The third kappa shape index (κ3) is 2.15. The fourth-order valence-electron chi connectivity index (χ4n) is 1.67. The molecule has 4 nitrogen and oxygen atoms in total. The van der Waals surface area contributed by atoms with Gasteiger partial charge >= 0.3 is 0 Å². The van der Waals surface area contributed by atoms with E-state index in [1.807, 2.05) is 12.1 Å². The molecule has 0 spiro atoms. The van der Waals surface area contributed by atoms with Gasteiger partial charge in [0.2, 0.25) is 5.91 Å². The Morgan fingerprint density at radius 3 is 2.88 bits per heavy atom. The van der Waals surface area contributed by atoms with Gasteiger partial charge in [0.25, 0.3) is 0 Å². The predicted octanol–water partition coefficient (Wildman–Crippen LogP) is 2.40. The molecule has 0 saturated heterocycles. The Kier molecular flexibility index (Phi) is 3.14. The highest BCUT2D eigenvalue weighted by molar-refractivity contribution is 6.06. The molecule has 1 aromatic heterocycles. The van der Waals surface area contributed by atoms with Crippen molar-refractivity contribution in [2.24, 2.45) is 0 Å². The van der Waals surface area contributed by atoms with Crippen LogP contribution in [0.1, 0.15) is 23.8 Å². The lowest BCUT2D eigenvalue weighted by molar-refractivity contribution is -0.115. The van der Waals surface area contributed by atoms with Gasteiger partial charge in [-0.05, 0) is 12.1 Å².